The van der Waals surface area contributed by atoms with Crippen LogP contribution in [0.25, 0.3) is 0 Å². The van der Waals surface area contributed by atoms with Crippen LogP contribution in [0.2, 0.25) is 0 Å². The molecule has 4 aliphatic heterocycles. The second-order valence-electron chi connectivity index (χ2n) is 10.9. The predicted molar refractivity (Wildman–Crippen MR) is 132 cm³/mol. The number of amides is 1. The van der Waals surface area contributed by atoms with E-state index in [1.807, 2.05) is 6.92 Å². The van der Waals surface area contributed by atoms with Crippen molar-refractivity contribution in [3.63, 3.8) is 0 Å². The second kappa shape index (κ2) is 10.5. The van der Waals surface area contributed by atoms with Crippen molar-refractivity contribution in [1.29, 1.82) is 0 Å². The van der Waals surface area contributed by atoms with Crippen molar-refractivity contribution in [2.75, 3.05) is 26.0 Å². The number of alkyl halides is 4. The number of likely N-dealkylation sites (tertiary alicyclic amines) is 1. The van der Waals surface area contributed by atoms with Crippen LogP contribution >= 0.6 is 23.4 Å². The molecular weight excluding hydrogens is 501 g/mol. The number of hydrogen-bond donors (Lipinski definition) is 3. The van der Waals surface area contributed by atoms with E-state index < -0.39 is 29.3 Å². The fraction of sp³-hybridized carbons (Fsp3) is 0.957. The van der Waals surface area contributed by atoms with Crippen molar-refractivity contribution in [3.05, 3.63) is 0 Å². The average Bonchev–Trinajstić information content (AvgIpc) is 3.42. The van der Waals surface area contributed by atoms with Crippen molar-refractivity contribution in [3.8, 4) is 0 Å². The highest BCUT2D eigenvalue weighted by atomic mass is 35.5. The molecule has 0 aromatic heterocycles. The van der Waals surface area contributed by atoms with E-state index in [9.17, 15) is 18.0 Å². The number of nitrogens with zero attached hydrogens (tertiary/aromatic N) is 3. The summed E-state index contributed by atoms with van der Waals surface area (Å²) in [5.41, 5.74) is 3.35. The molecule has 4 heterocycles. The van der Waals surface area contributed by atoms with Gasteiger partial charge in [-0.2, -0.15) is 13.2 Å². The minimum atomic E-state index is -4.43. The quantitative estimate of drug-likeness (QED) is 0.375. The van der Waals surface area contributed by atoms with E-state index in [0.717, 1.165) is 50.1 Å². The molecule has 7 atom stereocenters. The highest BCUT2D eigenvalue weighted by molar-refractivity contribution is 8.00. The third kappa shape index (κ3) is 5.20. The molecule has 200 valence electrons. The molecule has 5 aliphatic rings. The largest absolute Gasteiger partial charge is 0.409 e. The Kier molecular flexibility index (Phi) is 7.86. The summed E-state index contributed by atoms with van der Waals surface area (Å²) in [7, 11) is 1.35. The standard InChI is InChI=1S/C23H38ClF3N6OS/c1-13-20(35-12-29-13)22(34)31(2)21(23(25,26)27)14-5-7-15(8-6-14)32-9-3-4-16-17(32)11-28-19-10-18(24)30-33(16)19/h13-21,28-30H,3-12H2,1-2H3/t13?,14?,15?,16?,17?,18?,19?,20?,21-/m0/s1. The van der Waals surface area contributed by atoms with E-state index in [0.29, 0.717) is 30.8 Å². The Labute approximate surface area is 215 Å². The summed E-state index contributed by atoms with van der Waals surface area (Å²) in [6, 6.07) is -0.828. The van der Waals surface area contributed by atoms with E-state index in [1.54, 1.807) is 0 Å². The fourth-order valence-corrected chi connectivity index (χ4v) is 8.68. The van der Waals surface area contributed by atoms with Gasteiger partial charge in [0, 0.05) is 50.1 Å². The molecular formula is C23H38ClF3N6OS. The zero-order valence-corrected chi connectivity index (χ0v) is 22.0. The number of thioether (sulfide) groups is 1. The molecule has 0 aromatic rings. The molecule has 1 saturated carbocycles. The maximum absolute atomic E-state index is 14.3. The van der Waals surface area contributed by atoms with Crippen LogP contribution in [0.4, 0.5) is 13.2 Å². The van der Waals surface area contributed by atoms with Gasteiger partial charge in [-0.25, -0.2) is 10.4 Å². The van der Waals surface area contributed by atoms with Gasteiger partial charge in [0.15, 0.2) is 0 Å². The van der Waals surface area contributed by atoms with Gasteiger partial charge in [-0.1, -0.05) is 0 Å². The Morgan fingerprint density at radius 1 is 1.14 bits per heavy atom. The van der Waals surface area contributed by atoms with Gasteiger partial charge in [0.05, 0.1) is 11.7 Å². The summed E-state index contributed by atoms with van der Waals surface area (Å²) >= 11 is 7.75. The molecule has 7 nitrogen and oxygen atoms in total. The summed E-state index contributed by atoms with van der Waals surface area (Å²) < 4.78 is 42.8. The van der Waals surface area contributed by atoms with Gasteiger partial charge in [0.25, 0.3) is 0 Å². The highest BCUT2D eigenvalue weighted by Gasteiger charge is 2.52. The van der Waals surface area contributed by atoms with Crippen molar-refractivity contribution < 1.29 is 18.0 Å². The van der Waals surface area contributed by atoms with Crippen LogP contribution in [0.1, 0.15) is 51.9 Å². The number of piperidine rings is 1. The van der Waals surface area contributed by atoms with E-state index in [1.165, 1.54) is 18.8 Å². The Morgan fingerprint density at radius 3 is 2.54 bits per heavy atom. The second-order valence-corrected chi connectivity index (χ2v) is 12.6. The van der Waals surface area contributed by atoms with E-state index in [-0.39, 0.29) is 23.8 Å². The van der Waals surface area contributed by atoms with E-state index in [4.69, 9.17) is 11.6 Å². The van der Waals surface area contributed by atoms with E-state index >= 15 is 0 Å². The van der Waals surface area contributed by atoms with Gasteiger partial charge in [0.2, 0.25) is 5.91 Å². The lowest BCUT2D eigenvalue weighted by Gasteiger charge is -2.53. The maximum Gasteiger partial charge on any atom is 0.409 e. The number of hydrogen-bond acceptors (Lipinski definition) is 7. The van der Waals surface area contributed by atoms with Crippen LogP contribution in [0.15, 0.2) is 0 Å². The normalized spacial score (nSPS) is 41.9. The molecule has 0 bridgehead atoms. The monoisotopic (exact) mass is 538 g/mol. The van der Waals surface area contributed by atoms with Crippen LogP contribution < -0.4 is 16.1 Å². The van der Waals surface area contributed by atoms with Crippen molar-refractivity contribution in [1.82, 2.24) is 30.9 Å². The molecule has 4 saturated heterocycles. The zero-order valence-electron chi connectivity index (χ0n) is 20.4. The van der Waals surface area contributed by atoms with Crippen LogP contribution in [-0.4, -0.2) is 100 Å². The van der Waals surface area contributed by atoms with Crippen LogP contribution in [-0.2, 0) is 4.79 Å². The SMILES string of the molecule is CC1NCSC1C(=O)N(C)[C@@H](C1CCC(N2CCCC3C2CNC2CC(Cl)NN23)CC1)C(F)(F)F. The Hall–Kier alpha value is -0.300. The summed E-state index contributed by atoms with van der Waals surface area (Å²) in [6.07, 6.45) is 1.37. The summed E-state index contributed by atoms with van der Waals surface area (Å²) in [5, 5.41) is 8.61. The van der Waals surface area contributed by atoms with Gasteiger partial charge in [-0.15, -0.1) is 23.4 Å². The van der Waals surface area contributed by atoms with Gasteiger partial charge in [0.1, 0.15) is 11.3 Å². The first-order valence-corrected chi connectivity index (χ1v) is 14.5. The van der Waals surface area contributed by atoms with Gasteiger partial charge < -0.3 is 10.2 Å². The maximum atomic E-state index is 14.3. The van der Waals surface area contributed by atoms with Crippen LogP contribution in [0.5, 0.6) is 0 Å². The zero-order chi connectivity index (χ0) is 24.9. The molecule has 1 aliphatic carbocycles. The lowest BCUT2D eigenvalue weighted by atomic mass is 9.78. The van der Waals surface area contributed by atoms with Gasteiger partial charge in [-0.05, 0) is 57.9 Å². The summed E-state index contributed by atoms with van der Waals surface area (Å²) in [5.74, 6) is -0.366. The third-order valence-corrected chi connectivity index (χ3v) is 10.5. The number of carbonyl (C=O) groups is 1. The Balaban J connectivity index is 1.23. The molecule has 5 fully saturated rings. The molecule has 12 heteroatoms. The molecule has 6 unspecified atom stereocenters. The van der Waals surface area contributed by atoms with Crippen LogP contribution in [0, 0.1) is 5.92 Å². The Bertz CT molecular complexity index is 772. The summed E-state index contributed by atoms with van der Waals surface area (Å²) in [4.78, 5) is 16.6. The number of hydrazine groups is 1. The smallest absolute Gasteiger partial charge is 0.332 e. The van der Waals surface area contributed by atoms with Crippen molar-refractivity contribution in [2.45, 2.75) is 105 Å². The molecule has 1 amide bonds. The predicted octanol–water partition coefficient (Wildman–Crippen LogP) is 2.52. The number of carbonyl (C=O) groups excluding carboxylic acids is 1. The minimum Gasteiger partial charge on any atom is -0.332 e. The fourth-order valence-electron chi connectivity index (χ4n) is 7.17. The molecule has 5 rings (SSSR count). The minimum absolute atomic E-state index is 0.0579. The first-order valence-electron chi connectivity index (χ1n) is 13.0. The number of halogens is 4. The lowest BCUT2D eigenvalue weighted by Crippen LogP contribution is -2.70. The molecule has 35 heavy (non-hydrogen) atoms. The van der Waals surface area contributed by atoms with Gasteiger partial charge >= 0.3 is 6.18 Å². The summed E-state index contributed by atoms with van der Waals surface area (Å²) in [6.45, 7) is 3.75. The molecule has 0 aromatic carbocycles. The highest BCUT2D eigenvalue weighted by Crippen LogP contribution is 2.41. The molecule has 0 radical (unpaired) electrons. The van der Waals surface area contributed by atoms with Crippen molar-refractivity contribution >= 4 is 29.3 Å². The number of fused-ring (bicyclic) bond motifs is 3. The average molecular weight is 539 g/mol. The Morgan fingerprint density at radius 2 is 1.89 bits per heavy atom. The van der Waals surface area contributed by atoms with E-state index in [2.05, 4.69) is 26.0 Å². The lowest BCUT2D eigenvalue weighted by molar-refractivity contribution is -0.201. The first-order chi connectivity index (χ1) is 16.6. The molecule has 3 N–H and O–H groups in total. The van der Waals surface area contributed by atoms with Gasteiger partial charge in [-0.3, -0.25) is 15.0 Å². The molecule has 0 spiro atoms. The topological polar surface area (TPSA) is 62.9 Å². The number of nitrogens with one attached hydrogen (secondary N) is 3. The van der Waals surface area contributed by atoms with Crippen LogP contribution in [0.3, 0.4) is 0 Å². The number of rotatable bonds is 4. The van der Waals surface area contributed by atoms with Crippen molar-refractivity contribution in [2.24, 2.45) is 5.92 Å². The first kappa shape index (κ1) is 26.3. The third-order valence-electron chi connectivity index (χ3n) is 8.88.